The van der Waals surface area contributed by atoms with E-state index in [-0.39, 0.29) is 24.3 Å². The number of hydrogen-bond donors (Lipinski definition) is 1. The molecular weight excluding hydrogens is 460 g/mol. The molecule has 8 nitrogen and oxygen atoms in total. The Kier molecular flexibility index (Phi) is 7.95. The number of aliphatic hydroxyl groups excluding tert-OH is 1. The third-order valence-electron chi connectivity index (χ3n) is 8.37. The van der Waals surface area contributed by atoms with Crippen LogP contribution in [0.3, 0.4) is 0 Å². The van der Waals surface area contributed by atoms with Gasteiger partial charge in [0.1, 0.15) is 17.6 Å². The Bertz CT molecular complexity index is 916. The molecule has 200 valence electrons. The summed E-state index contributed by atoms with van der Waals surface area (Å²) in [5.41, 5.74) is -2.40. The molecule has 2 amide bonds. The number of fused-ring (bicyclic) bond motifs is 2. The van der Waals surface area contributed by atoms with Crippen LogP contribution in [0.4, 0.5) is 0 Å². The molecule has 0 aromatic rings. The average molecular weight is 503 g/mol. The van der Waals surface area contributed by atoms with Crippen molar-refractivity contribution in [2.24, 2.45) is 17.8 Å². The van der Waals surface area contributed by atoms with Gasteiger partial charge in [-0.3, -0.25) is 14.4 Å². The van der Waals surface area contributed by atoms with Crippen LogP contribution in [0.1, 0.15) is 66.2 Å². The Morgan fingerprint density at radius 1 is 1.08 bits per heavy atom. The van der Waals surface area contributed by atoms with Crippen molar-refractivity contribution in [2.45, 2.75) is 89.5 Å². The summed E-state index contributed by atoms with van der Waals surface area (Å²) >= 11 is 0. The molecule has 1 unspecified atom stereocenters. The van der Waals surface area contributed by atoms with Crippen LogP contribution >= 0.6 is 0 Å². The van der Waals surface area contributed by atoms with E-state index in [4.69, 9.17) is 9.47 Å². The zero-order valence-corrected chi connectivity index (χ0v) is 22.2. The van der Waals surface area contributed by atoms with Gasteiger partial charge in [-0.05, 0) is 38.5 Å². The lowest BCUT2D eigenvalue weighted by Crippen LogP contribution is -2.59. The van der Waals surface area contributed by atoms with Gasteiger partial charge in [0.25, 0.3) is 0 Å². The number of carbonyl (C=O) groups excluding carboxylic acids is 3. The monoisotopic (exact) mass is 502 g/mol. The maximum atomic E-state index is 14.3. The van der Waals surface area contributed by atoms with Crippen molar-refractivity contribution in [3.8, 4) is 0 Å². The Morgan fingerprint density at radius 3 is 2.56 bits per heavy atom. The van der Waals surface area contributed by atoms with Gasteiger partial charge in [0.05, 0.1) is 30.8 Å². The van der Waals surface area contributed by atoms with Gasteiger partial charge in [-0.25, -0.2) is 0 Å². The zero-order chi connectivity index (χ0) is 26.1. The van der Waals surface area contributed by atoms with E-state index in [9.17, 15) is 19.5 Å². The van der Waals surface area contributed by atoms with E-state index >= 15 is 0 Å². The first-order valence-electron chi connectivity index (χ1n) is 13.7. The number of cyclic esters (lactones) is 1. The minimum absolute atomic E-state index is 0.0920. The molecule has 1 spiro atoms. The Hall–Kier alpha value is -2.19. The smallest absolute Gasteiger partial charge is 0.313 e. The van der Waals surface area contributed by atoms with E-state index in [1.54, 1.807) is 4.90 Å². The van der Waals surface area contributed by atoms with E-state index in [1.807, 2.05) is 45.1 Å². The third-order valence-corrected chi connectivity index (χ3v) is 8.37. The molecule has 36 heavy (non-hydrogen) atoms. The number of hydrogen-bond acceptors (Lipinski definition) is 6. The Balaban J connectivity index is 1.84. The molecule has 4 rings (SSSR count). The van der Waals surface area contributed by atoms with Crippen molar-refractivity contribution in [3.63, 3.8) is 0 Å². The fraction of sp³-hybridized carbons (Fsp3) is 0.750. The maximum Gasteiger partial charge on any atom is 0.313 e. The molecule has 0 radical (unpaired) electrons. The second-order valence-corrected chi connectivity index (χ2v) is 11.2. The molecule has 0 bridgehead atoms. The SMILES string of the molecule is CCCCCN1CC=C[C@]23O[C@@]4(C)/C=C\CCCCOC(=O)[C@H]4[C@H]2C(=O)N([C@@H](CO)C(C)C)C3C1=O. The van der Waals surface area contributed by atoms with Crippen LogP contribution in [0.15, 0.2) is 24.3 Å². The molecule has 2 fully saturated rings. The highest BCUT2D eigenvalue weighted by Crippen LogP contribution is 2.57. The number of aliphatic hydroxyl groups is 1. The fourth-order valence-corrected chi connectivity index (χ4v) is 6.51. The van der Waals surface area contributed by atoms with Crippen LogP contribution in [-0.4, -0.2) is 82.3 Å². The lowest BCUT2D eigenvalue weighted by Gasteiger charge is -2.41. The first-order valence-corrected chi connectivity index (χ1v) is 13.7. The van der Waals surface area contributed by atoms with Crippen LogP contribution in [0.5, 0.6) is 0 Å². The maximum absolute atomic E-state index is 14.3. The average Bonchev–Trinajstić information content (AvgIpc) is 3.16. The number of allylic oxidation sites excluding steroid dienone is 1. The number of amides is 2. The minimum Gasteiger partial charge on any atom is -0.465 e. The van der Waals surface area contributed by atoms with Crippen LogP contribution < -0.4 is 0 Å². The predicted octanol–water partition coefficient (Wildman–Crippen LogP) is 2.85. The minimum atomic E-state index is -1.31. The molecule has 0 aromatic heterocycles. The van der Waals surface area contributed by atoms with Gasteiger partial charge in [-0.1, -0.05) is 57.9 Å². The molecule has 2 saturated heterocycles. The molecule has 4 heterocycles. The molecule has 0 saturated carbocycles. The first kappa shape index (κ1) is 26.9. The highest BCUT2D eigenvalue weighted by molar-refractivity contribution is 5.99. The highest BCUT2D eigenvalue weighted by atomic mass is 16.6. The van der Waals surface area contributed by atoms with E-state index < -0.39 is 41.1 Å². The lowest BCUT2D eigenvalue weighted by molar-refractivity contribution is -0.162. The highest BCUT2D eigenvalue weighted by Gasteiger charge is 2.75. The number of rotatable bonds is 7. The molecule has 6 atom stereocenters. The summed E-state index contributed by atoms with van der Waals surface area (Å²) in [6, 6.07) is -1.52. The van der Waals surface area contributed by atoms with Crippen LogP contribution in [0, 0.1) is 17.8 Å². The second kappa shape index (κ2) is 10.7. The molecule has 1 N–H and O–H groups in total. The number of carbonyl (C=O) groups is 3. The van der Waals surface area contributed by atoms with Crippen molar-refractivity contribution >= 4 is 17.8 Å². The van der Waals surface area contributed by atoms with Crippen molar-refractivity contribution in [3.05, 3.63) is 24.3 Å². The van der Waals surface area contributed by atoms with Crippen molar-refractivity contribution in [1.82, 2.24) is 9.80 Å². The van der Waals surface area contributed by atoms with Crippen molar-refractivity contribution < 1.29 is 29.0 Å². The molecule has 0 aromatic carbocycles. The van der Waals surface area contributed by atoms with Gasteiger partial charge in [0.15, 0.2) is 0 Å². The number of likely N-dealkylation sites (tertiary alicyclic amines) is 1. The summed E-state index contributed by atoms with van der Waals surface area (Å²) in [6.07, 6.45) is 13.1. The summed E-state index contributed by atoms with van der Waals surface area (Å²) in [5.74, 6) is -2.86. The topological polar surface area (TPSA) is 96.4 Å². The number of unbranched alkanes of at least 4 members (excludes halogenated alkanes) is 2. The number of ether oxygens (including phenoxy) is 2. The van der Waals surface area contributed by atoms with Crippen LogP contribution in [-0.2, 0) is 23.9 Å². The van der Waals surface area contributed by atoms with Crippen LogP contribution in [0.2, 0.25) is 0 Å². The molecule has 0 aliphatic carbocycles. The van der Waals surface area contributed by atoms with Gasteiger partial charge in [-0.15, -0.1) is 0 Å². The Morgan fingerprint density at radius 2 is 1.86 bits per heavy atom. The predicted molar refractivity (Wildman–Crippen MR) is 135 cm³/mol. The van der Waals surface area contributed by atoms with Gasteiger partial charge in [0.2, 0.25) is 11.8 Å². The van der Waals surface area contributed by atoms with Crippen LogP contribution in [0.25, 0.3) is 0 Å². The molecule has 8 heteroatoms. The Labute approximate surface area is 214 Å². The van der Waals surface area contributed by atoms with Gasteiger partial charge >= 0.3 is 5.97 Å². The summed E-state index contributed by atoms with van der Waals surface area (Å²) in [4.78, 5) is 45.3. The van der Waals surface area contributed by atoms with Crippen molar-refractivity contribution in [2.75, 3.05) is 26.3 Å². The summed E-state index contributed by atoms with van der Waals surface area (Å²) in [5, 5.41) is 10.3. The van der Waals surface area contributed by atoms with E-state index in [2.05, 4.69) is 6.92 Å². The third kappa shape index (κ3) is 4.40. The quantitative estimate of drug-likeness (QED) is 0.327. The van der Waals surface area contributed by atoms with Gasteiger partial charge in [0, 0.05) is 13.1 Å². The fourth-order valence-electron chi connectivity index (χ4n) is 6.51. The largest absolute Gasteiger partial charge is 0.465 e. The zero-order valence-electron chi connectivity index (χ0n) is 22.2. The van der Waals surface area contributed by atoms with E-state index in [1.165, 1.54) is 4.90 Å². The molecule has 4 aliphatic heterocycles. The van der Waals surface area contributed by atoms with E-state index in [0.717, 1.165) is 38.5 Å². The van der Waals surface area contributed by atoms with Crippen molar-refractivity contribution in [1.29, 1.82) is 0 Å². The summed E-state index contributed by atoms with van der Waals surface area (Å²) in [7, 11) is 0. The number of esters is 1. The van der Waals surface area contributed by atoms with Gasteiger partial charge in [-0.2, -0.15) is 0 Å². The first-order chi connectivity index (χ1) is 17.2. The normalized spacial score (nSPS) is 36.3. The molecular formula is C28H42N2O6. The standard InChI is InChI=1S/C28H42N2O6/c1-5-6-10-15-29-16-12-14-28-21(24(32)30(23(28)25(29)33)20(18-31)19(2)3)22-26(34)35-17-11-8-7-9-13-27(22,4)36-28/h9,12-14,19-23,31H,5-8,10-11,15-18H2,1-4H3/b13-9-/t20-,21-,22+,23?,27-,28-/m0/s1. The summed E-state index contributed by atoms with van der Waals surface area (Å²) in [6.45, 7) is 8.83. The van der Waals surface area contributed by atoms with E-state index in [0.29, 0.717) is 19.7 Å². The van der Waals surface area contributed by atoms with Gasteiger partial charge < -0.3 is 24.4 Å². The lowest BCUT2D eigenvalue weighted by atomic mass is 9.74. The molecule has 4 aliphatic rings. The number of nitrogens with zero attached hydrogens (tertiary/aromatic N) is 2. The second-order valence-electron chi connectivity index (χ2n) is 11.2. The summed E-state index contributed by atoms with van der Waals surface area (Å²) < 4.78 is 12.5.